The first-order valence-electron chi connectivity index (χ1n) is 9.37. The molecule has 2 amide bonds. The molecule has 0 saturated carbocycles. The van der Waals surface area contributed by atoms with E-state index in [1.54, 1.807) is 15.9 Å². The highest BCUT2D eigenvalue weighted by Gasteiger charge is 2.36. The van der Waals surface area contributed by atoms with Gasteiger partial charge in [0.2, 0.25) is 0 Å². The molecule has 1 unspecified atom stereocenters. The summed E-state index contributed by atoms with van der Waals surface area (Å²) in [4.78, 5) is 41.6. The second-order valence-corrected chi connectivity index (χ2v) is 7.88. The van der Waals surface area contributed by atoms with Gasteiger partial charge in [0.1, 0.15) is 6.04 Å². The topological polar surface area (TPSA) is 66.9 Å². The van der Waals surface area contributed by atoms with Crippen LogP contribution < -0.4 is 4.90 Å². The molecule has 1 aliphatic heterocycles. The van der Waals surface area contributed by atoms with E-state index in [2.05, 4.69) is 0 Å². The zero-order chi connectivity index (χ0) is 20.1. The highest BCUT2D eigenvalue weighted by atomic mass is 32.1. The Morgan fingerprint density at radius 2 is 1.93 bits per heavy atom. The molecule has 0 aliphatic carbocycles. The zero-order valence-corrected chi connectivity index (χ0v) is 16.9. The third kappa shape index (κ3) is 4.42. The summed E-state index contributed by atoms with van der Waals surface area (Å²) in [7, 11) is 0. The molecule has 2 aromatic rings. The van der Waals surface area contributed by atoms with Gasteiger partial charge in [-0.1, -0.05) is 24.3 Å². The fraction of sp³-hybridized carbons (Fsp3) is 0.381. The number of likely N-dealkylation sites (tertiary alicyclic amines) is 1. The second kappa shape index (κ2) is 9.01. The van der Waals surface area contributed by atoms with E-state index in [4.69, 9.17) is 4.74 Å². The number of thiophene rings is 1. The maximum Gasteiger partial charge on any atom is 0.329 e. The highest BCUT2D eigenvalue weighted by molar-refractivity contribution is 7.12. The van der Waals surface area contributed by atoms with Crippen molar-refractivity contribution < 1.29 is 19.1 Å². The van der Waals surface area contributed by atoms with E-state index < -0.39 is 12.0 Å². The maximum absolute atomic E-state index is 12.7. The lowest BCUT2D eigenvalue weighted by Gasteiger charge is -2.27. The SMILES string of the molecule is CC(C)N(C(=O)COC(=O)C1CCCN1C(=O)c1cccs1)c1ccccc1. The van der Waals surface area contributed by atoms with Crippen molar-refractivity contribution >= 4 is 34.8 Å². The fourth-order valence-electron chi connectivity index (χ4n) is 3.41. The first-order valence-corrected chi connectivity index (χ1v) is 10.2. The molecule has 7 heteroatoms. The number of benzene rings is 1. The minimum atomic E-state index is -0.633. The molecule has 1 atom stereocenters. The van der Waals surface area contributed by atoms with Crippen molar-refractivity contribution in [3.63, 3.8) is 0 Å². The van der Waals surface area contributed by atoms with Crippen LogP contribution in [0.2, 0.25) is 0 Å². The molecular weight excluding hydrogens is 376 g/mol. The molecule has 0 radical (unpaired) electrons. The molecule has 3 rings (SSSR count). The molecule has 1 fully saturated rings. The van der Waals surface area contributed by atoms with E-state index >= 15 is 0 Å². The first-order chi connectivity index (χ1) is 13.5. The number of esters is 1. The maximum atomic E-state index is 12.7. The normalized spacial score (nSPS) is 16.2. The van der Waals surface area contributed by atoms with Gasteiger partial charge >= 0.3 is 5.97 Å². The predicted molar refractivity (Wildman–Crippen MR) is 108 cm³/mol. The van der Waals surface area contributed by atoms with Gasteiger partial charge in [0.15, 0.2) is 6.61 Å². The number of carbonyl (C=O) groups is 3. The van der Waals surface area contributed by atoms with Crippen LogP contribution in [0.1, 0.15) is 36.4 Å². The minimum Gasteiger partial charge on any atom is -0.454 e. The molecule has 0 spiro atoms. The van der Waals surface area contributed by atoms with Crippen molar-refractivity contribution in [3.8, 4) is 0 Å². The molecule has 1 aromatic carbocycles. The van der Waals surface area contributed by atoms with Gasteiger partial charge in [-0.15, -0.1) is 11.3 Å². The number of hydrogen-bond donors (Lipinski definition) is 0. The van der Waals surface area contributed by atoms with Crippen LogP contribution in [0.4, 0.5) is 5.69 Å². The van der Waals surface area contributed by atoms with Crippen molar-refractivity contribution in [2.75, 3.05) is 18.1 Å². The number of nitrogens with zero attached hydrogens (tertiary/aromatic N) is 2. The molecular formula is C21H24N2O4S. The molecule has 1 saturated heterocycles. The van der Waals surface area contributed by atoms with Crippen molar-refractivity contribution in [2.45, 2.75) is 38.8 Å². The molecule has 2 heterocycles. The molecule has 148 valence electrons. The fourth-order valence-corrected chi connectivity index (χ4v) is 4.09. The van der Waals surface area contributed by atoms with E-state index in [0.717, 1.165) is 12.1 Å². The number of hydrogen-bond acceptors (Lipinski definition) is 5. The van der Waals surface area contributed by atoms with Crippen LogP contribution in [0.25, 0.3) is 0 Å². The Labute approximate surface area is 168 Å². The van der Waals surface area contributed by atoms with Crippen LogP contribution in [0.3, 0.4) is 0 Å². The first kappa shape index (κ1) is 20.1. The number of carbonyl (C=O) groups excluding carboxylic acids is 3. The Morgan fingerprint density at radius 3 is 2.57 bits per heavy atom. The number of anilines is 1. The van der Waals surface area contributed by atoms with Crippen LogP contribution in [0, 0.1) is 0 Å². The lowest BCUT2D eigenvalue weighted by molar-refractivity contribution is -0.151. The smallest absolute Gasteiger partial charge is 0.329 e. The van der Waals surface area contributed by atoms with Gasteiger partial charge < -0.3 is 14.5 Å². The second-order valence-electron chi connectivity index (χ2n) is 6.93. The van der Waals surface area contributed by atoms with E-state index in [1.165, 1.54) is 11.3 Å². The van der Waals surface area contributed by atoms with Crippen LogP contribution in [-0.2, 0) is 14.3 Å². The summed E-state index contributed by atoms with van der Waals surface area (Å²) < 4.78 is 5.32. The molecule has 0 bridgehead atoms. The van der Waals surface area contributed by atoms with Gasteiger partial charge in [0, 0.05) is 18.3 Å². The Balaban J connectivity index is 1.62. The number of para-hydroxylation sites is 1. The standard InChI is InChI=1S/C21H24N2O4S/c1-15(2)23(16-8-4-3-5-9-16)19(24)14-27-21(26)17-10-6-12-22(17)20(25)18-11-7-13-28-18/h3-5,7-9,11,13,15,17H,6,10,12,14H2,1-2H3. The lowest BCUT2D eigenvalue weighted by Crippen LogP contribution is -2.44. The molecule has 1 aromatic heterocycles. The molecule has 0 N–H and O–H groups in total. The van der Waals surface area contributed by atoms with E-state index in [0.29, 0.717) is 17.8 Å². The Morgan fingerprint density at radius 1 is 1.18 bits per heavy atom. The third-order valence-electron chi connectivity index (χ3n) is 4.68. The third-order valence-corrected chi connectivity index (χ3v) is 5.53. The zero-order valence-electron chi connectivity index (χ0n) is 16.0. The van der Waals surface area contributed by atoms with Gasteiger partial charge in [-0.3, -0.25) is 9.59 Å². The quantitative estimate of drug-likeness (QED) is 0.698. The summed E-state index contributed by atoms with van der Waals surface area (Å²) in [6.07, 6.45) is 1.30. The van der Waals surface area contributed by atoms with Crippen LogP contribution in [0.5, 0.6) is 0 Å². The Bertz CT molecular complexity index is 820. The van der Waals surface area contributed by atoms with Crippen molar-refractivity contribution in [1.29, 1.82) is 0 Å². The van der Waals surface area contributed by atoms with Gasteiger partial charge in [-0.05, 0) is 50.3 Å². The average Bonchev–Trinajstić information content (AvgIpc) is 3.38. The summed E-state index contributed by atoms with van der Waals surface area (Å²) in [5.41, 5.74) is 0.758. The van der Waals surface area contributed by atoms with E-state index in [-0.39, 0.29) is 24.5 Å². The van der Waals surface area contributed by atoms with Crippen LogP contribution >= 0.6 is 11.3 Å². The van der Waals surface area contributed by atoms with Crippen LogP contribution in [-0.4, -0.2) is 47.9 Å². The largest absolute Gasteiger partial charge is 0.454 e. The predicted octanol–water partition coefficient (Wildman–Crippen LogP) is 3.34. The number of amides is 2. The number of ether oxygens (including phenoxy) is 1. The molecule has 6 nitrogen and oxygen atoms in total. The minimum absolute atomic E-state index is 0.0722. The monoisotopic (exact) mass is 400 g/mol. The van der Waals surface area contributed by atoms with Gasteiger partial charge in [-0.25, -0.2) is 4.79 Å². The van der Waals surface area contributed by atoms with Crippen molar-refractivity contribution in [2.24, 2.45) is 0 Å². The highest BCUT2D eigenvalue weighted by Crippen LogP contribution is 2.23. The molecule has 28 heavy (non-hydrogen) atoms. The molecule has 1 aliphatic rings. The Hall–Kier alpha value is -2.67. The van der Waals surface area contributed by atoms with Crippen LogP contribution in [0.15, 0.2) is 47.8 Å². The van der Waals surface area contributed by atoms with E-state index in [9.17, 15) is 14.4 Å². The van der Waals surface area contributed by atoms with Crippen molar-refractivity contribution in [3.05, 3.63) is 52.7 Å². The Kier molecular flexibility index (Phi) is 6.46. The summed E-state index contributed by atoms with van der Waals surface area (Å²) >= 11 is 1.35. The lowest BCUT2D eigenvalue weighted by atomic mass is 10.2. The van der Waals surface area contributed by atoms with Gasteiger partial charge in [0.25, 0.3) is 11.8 Å². The summed E-state index contributed by atoms with van der Waals surface area (Å²) in [5, 5.41) is 1.83. The summed E-state index contributed by atoms with van der Waals surface area (Å²) in [5.74, 6) is -0.968. The van der Waals surface area contributed by atoms with Gasteiger partial charge in [0.05, 0.1) is 4.88 Å². The van der Waals surface area contributed by atoms with Crippen molar-refractivity contribution in [1.82, 2.24) is 4.90 Å². The van der Waals surface area contributed by atoms with Gasteiger partial charge in [-0.2, -0.15) is 0 Å². The summed E-state index contributed by atoms with van der Waals surface area (Å²) in [6.45, 7) is 3.99. The number of rotatable bonds is 6. The average molecular weight is 400 g/mol. The van der Waals surface area contributed by atoms with E-state index in [1.807, 2.05) is 55.6 Å². The summed E-state index contributed by atoms with van der Waals surface area (Å²) in [6, 6.07) is 12.1.